The molecular weight excluding hydrogens is 416 g/mol. The van der Waals surface area contributed by atoms with Crippen molar-refractivity contribution in [2.75, 3.05) is 20.2 Å². The van der Waals surface area contributed by atoms with Crippen molar-refractivity contribution < 1.29 is 14.3 Å². The number of piperidine rings is 1. The minimum atomic E-state index is 0.00811. The van der Waals surface area contributed by atoms with E-state index in [1.165, 1.54) is 0 Å². The normalized spacial score (nSPS) is 14.2. The summed E-state index contributed by atoms with van der Waals surface area (Å²) >= 11 is 0. The van der Waals surface area contributed by atoms with Gasteiger partial charge in [-0.1, -0.05) is 36.4 Å². The van der Waals surface area contributed by atoms with Gasteiger partial charge in [0.25, 0.3) is 5.91 Å². The Balaban J connectivity index is 1.28. The summed E-state index contributed by atoms with van der Waals surface area (Å²) in [5, 5.41) is 7.51. The van der Waals surface area contributed by atoms with Crippen LogP contribution in [0.2, 0.25) is 0 Å². The molecule has 7 nitrogen and oxygen atoms in total. The van der Waals surface area contributed by atoms with Gasteiger partial charge in [0.05, 0.1) is 24.1 Å². The summed E-state index contributed by atoms with van der Waals surface area (Å²) in [6.07, 6.45) is 3.92. The van der Waals surface area contributed by atoms with E-state index in [1.807, 2.05) is 72.6 Å². The highest BCUT2D eigenvalue weighted by atomic mass is 16.5. The van der Waals surface area contributed by atoms with Crippen LogP contribution < -0.4 is 10.1 Å². The van der Waals surface area contributed by atoms with Crippen LogP contribution in [0, 0.1) is 12.8 Å². The maximum absolute atomic E-state index is 13.1. The number of para-hydroxylation sites is 2. The van der Waals surface area contributed by atoms with Crippen molar-refractivity contribution in [3.63, 3.8) is 0 Å². The first-order valence-corrected chi connectivity index (χ1v) is 11.3. The molecule has 1 saturated heterocycles. The quantitative estimate of drug-likeness (QED) is 0.600. The lowest BCUT2D eigenvalue weighted by molar-refractivity contribution is -0.122. The van der Waals surface area contributed by atoms with E-state index < -0.39 is 0 Å². The van der Waals surface area contributed by atoms with Gasteiger partial charge >= 0.3 is 0 Å². The summed E-state index contributed by atoms with van der Waals surface area (Å²) in [5.41, 5.74) is 3.24. The Morgan fingerprint density at radius 3 is 2.48 bits per heavy atom. The molecule has 1 aliphatic rings. The van der Waals surface area contributed by atoms with Gasteiger partial charge in [0.2, 0.25) is 5.91 Å². The molecule has 0 atom stereocenters. The van der Waals surface area contributed by atoms with Crippen LogP contribution in [-0.4, -0.2) is 46.7 Å². The van der Waals surface area contributed by atoms with Crippen LogP contribution in [0.15, 0.2) is 60.8 Å². The average Bonchev–Trinajstić information content (AvgIpc) is 3.25. The van der Waals surface area contributed by atoms with Gasteiger partial charge in [-0.25, -0.2) is 4.68 Å². The summed E-state index contributed by atoms with van der Waals surface area (Å²) in [6.45, 7) is 3.62. The second kappa shape index (κ2) is 10.3. The van der Waals surface area contributed by atoms with Crippen molar-refractivity contribution in [2.24, 2.45) is 5.92 Å². The van der Waals surface area contributed by atoms with E-state index in [2.05, 4.69) is 10.4 Å². The fourth-order valence-electron chi connectivity index (χ4n) is 4.27. The van der Waals surface area contributed by atoms with E-state index in [0.29, 0.717) is 31.6 Å². The smallest absolute Gasteiger partial charge is 0.257 e. The minimum absolute atomic E-state index is 0.00811. The highest BCUT2D eigenvalue weighted by Gasteiger charge is 2.27. The summed E-state index contributed by atoms with van der Waals surface area (Å²) in [5.74, 6) is 1.09. The SMILES string of the molecule is COc1ccccc1CNC(=O)CC1CCN(C(=O)c2cn(-c3ccccc3)nc2C)CC1. The number of rotatable bonds is 7. The van der Waals surface area contributed by atoms with Crippen LogP contribution >= 0.6 is 0 Å². The van der Waals surface area contributed by atoms with E-state index in [0.717, 1.165) is 35.5 Å². The second-order valence-electron chi connectivity index (χ2n) is 8.44. The molecule has 172 valence electrons. The molecule has 2 heterocycles. The predicted molar refractivity (Wildman–Crippen MR) is 126 cm³/mol. The fraction of sp³-hybridized carbons (Fsp3) is 0.346. The van der Waals surface area contributed by atoms with Gasteiger partial charge in [-0.05, 0) is 43.9 Å². The van der Waals surface area contributed by atoms with Crippen LogP contribution in [0.1, 0.15) is 40.9 Å². The lowest BCUT2D eigenvalue weighted by atomic mass is 9.93. The molecule has 2 aromatic carbocycles. The third kappa shape index (κ3) is 5.42. The van der Waals surface area contributed by atoms with E-state index in [1.54, 1.807) is 11.8 Å². The van der Waals surface area contributed by atoms with E-state index >= 15 is 0 Å². The zero-order chi connectivity index (χ0) is 23.2. The molecule has 0 saturated carbocycles. The number of methoxy groups -OCH3 is 1. The summed E-state index contributed by atoms with van der Waals surface area (Å²) in [7, 11) is 1.63. The van der Waals surface area contributed by atoms with Gasteiger partial charge < -0.3 is 15.0 Å². The fourth-order valence-corrected chi connectivity index (χ4v) is 4.27. The number of ether oxygens (including phenoxy) is 1. The topological polar surface area (TPSA) is 76.5 Å². The van der Waals surface area contributed by atoms with Gasteiger partial charge in [-0.3, -0.25) is 9.59 Å². The number of likely N-dealkylation sites (tertiary alicyclic amines) is 1. The molecule has 4 rings (SSSR count). The molecule has 0 bridgehead atoms. The van der Waals surface area contributed by atoms with Crippen molar-refractivity contribution in [1.29, 1.82) is 0 Å². The number of nitrogens with zero attached hydrogens (tertiary/aromatic N) is 3. The average molecular weight is 447 g/mol. The molecule has 0 aliphatic carbocycles. The molecule has 3 aromatic rings. The number of nitrogens with one attached hydrogen (secondary N) is 1. The number of hydrogen-bond acceptors (Lipinski definition) is 4. The van der Waals surface area contributed by atoms with Crippen molar-refractivity contribution in [1.82, 2.24) is 20.0 Å². The third-order valence-corrected chi connectivity index (χ3v) is 6.19. The Labute approximate surface area is 194 Å². The minimum Gasteiger partial charge on any atom is -0.496 e. The van der Waals surface area contributed by atoms with E-state index in [4.69, 9.17) is 4.74 Å². The molecule has 0 spiro atoms. The first-order chi connectivity index (χ1) is 16.0. The molecule has 0 radical (unpaired) electrons. The first-order valence-electron chi connectivity index (χ1n) is 11.3. The van der Waals surface area contributed by atoms with Crippen molar-refractivity contribution in [3.05, 3.63) is 77.6 Å². The van der Waals surface area contributed by atoms with Crippen LogP contribution in [0.25, 0.3) is 5.69 Å². The van der Waals surface area contributed by atoms with Crippen LogP contribution in [0.5, 0.6) is 5.75 Å². The number of carbonyl (C=O) groups is 2. The highest BCUT2D eigenvalue weighted by molar-refractivity contribution is 5.95. The molecule has 1 fully saturated rings. The maximum Gasteiger partial charge on any atom is 0.257 e. The molecule has 1 aliphatic heterocycles. The predicted octanol–water partition coefficient (Wildman–Crippen LogP) is 3.75. The Bertz CT molecular complexity index is 1100. The Hall–Kier alpha value is -3.61. The molecular formula is C26H30N4O3. The number of hydrogen-bond donors (Lipinski definition) is 1. The molecule has 7 heteroatoms. The zero-order valence-electron chi connectivity index (χ0n) is 19.2. The first kappa shape index (κ1) is 22.6. The molecule has 1 aromatic heterocycles. The lowest BCUT2D eigenvalue weighted by Gasteiger charge is -2.31. The second-order valence-corrected chi connectivity index (χ2v) is 8.44. The monoisotopic (exact) mass is 446 g/mol. The number of benzene rings is 2. The Kier molecular flexibility index (Phi) is 7.07. The molecule has 0 unspecified atom stereocenters. The zero-order valence-corrected chi connectivity index (χ0v) is 19.2. The number of amides is 2. The molecule has 2 amide bonds. The van der Waals surface area contributed by atoms with Crippen molar-refractivity contribution in [2.45, 2.75) is 32.7 Å². The highest BCUT2D eigenvalue weighted by Crippen LogP contribution is 2.23. The van der Waals surface area contributed by atoms with Gasteiger partial charge in [0.1, 0.15) is 5.75 Å². The van der Waals surface area contributed by atoms with Gasteiger partial charge in [0.15, 0.2) is 0 Å². The molecule has 1 N–H and O–H groups in total. The van der Waals surface area contributed by atoms with Gasteiger partial charge in [-0.15, -0.1) is 0 Å². The van der Waals surface area contributed by atoms with E-state index in [9.17, 15) is 9.59 Å². The lowest BCUT2D eigenvalue weighted by Crippen LogP contribution is -2.39. The Morgan fingerprint density at radius 1 is 1.06 bits per heavy atom. The molecule has 33 heavy (non-hydrogen) atoms. The van der Waals surface area contributed by atoms with Crippen LogP contribution in [0.3, 0.4) is 0 Å². The summed E-state index contributed by atoms with van der Waals surface area (Å²) in [6, 6.07) is 17.5. The van der Waals surface area contributed by atoms with Gasteiger partial charge in [0, 0.05) is 37.8 Å². The number of carbonyl (C=O) groups excluding carboxylic acids is 2. The summed E-state index contributed by atoms with van der Waals surface area (Å²) in [4.78, 5) is 27.4. The van der Waals surface area contributed by atoms with E-state index in [-0.39, 0.29) is 17.7 Å². The number of aryl methyl sites for hydroxylation is 1. The maximum atomic E-state index is 13.1. The largest absolute Gasteiger partial charge is 0.496 e. The standard InChI is InChI=1S/C26H30N4O3/c1-19-23(18-30(28-19)22-9-4-3-5-10-22)26(32)29-14-12-20(13-15-29)16-25(31)27-17-21-8-6-7-11-24(21)33-2/h3-11,18,20H,12-17H2,1-2H3,(H,27,31). The summed E-state index contributed by atoms with van der Waals surface area (Å²) < 4.78 is 7.09. The van der Waals surface area contributed by atoms with Crippen molar-refractivity contribution in [3.8, 4) is 11.4 Å². The third-order valence-electron chi connectivity index (χ3n) is 6.19. The van der Waals surface area contributed by atoms with Crippen LogP contribution in [0.4, 0.5) is 0 Å². The van der Waals surface area contributed by atoms with Crippen LogP contribution in [-0.2, 0) is 11.3 Å². The van der Waals surface area contributed by atoms with Gasteiger partial charge in [-0.2, -0.15) is 5.10 Å². The van der Waals surface area contributed by atoms with Crippen molar-refractivity contribution >= 4 is 11.8 Å². The Morgan fingerprint density at radius 2 is 1.76 bits per heavy atom. The number of aromatic nitrogens is 2.